The first kappa shape index (κ1) is 22.9. The maximum absolute atomic E-state index is 12.3. The molecule has 0 aliphatic heterocycles. The highest BCUT2D eigenvalue weighted by molar-refractivity contribution is 7.70. The van der Waals surface area contributed by atoms with Gasteiger partial charge in [-0.15, -0.1) is 0 Å². The van der Waals surface area contributed by atoms with Gasteiger partial charge in [-0.3, -0.25) is 4.57 Å². The molecule has 0 fully saturated rings. The topological polar surface area (TPSA) is 72.7 Å². The van der Waals surface area contributed by atoms with E-state index in [9.17, 15) is 4.57 Å². The van der Waals surface area contributed by atoms with Crippen LogP contribution in [0, 0.1) is 13.8 Å². The Morgan fingerprint density at radius 3 is 2.27 bits per heavy atom. The molecule has 2 aromatic heterocycles. The van der Waals surface area contributed by atoms with Crippen LogP contribution in [0.4, 0.5) is 11.5 Å². The summed E-state index contributed by atoms with van der Waals surface area (Å²) in [4.78, 5) is 14.2. The zero-order chi connectivity index (χ0) is 23.8. The van der Waals surface area contributed by atoms with E-state index < -0.39 is 7.14 Å². The predicted molar refractivity (Wildman–Crippen MR) is 139 cm³/mol. The minimum atomic E-state index is -2.29. The van der Waals surface area contributed by atoms with Gasteiger partial charge in [0.05, 0.1) is 0 Å². The number of nitrogens with one attached hydrogen (secondary N) is 1. The van der Waals surface area contributed by atoms with Gasteiger partial charge in [0.15, 0.2) is 17.0 Å². The average Bonchev–Trinajstić information content (AvgIpc) is 3.16. The summed E-state index contributed by atoms with van der Waals surface area (Å²) >= 11 is 0. The highest BCUT2D eigenvalue weighted by Gasteiger charge is 2.16. The van der Waals surface area contributed by atoms with Gasteiger partial charge in [-0.05, 0) is 74.2 Å². The van der Waals surface area contributed by atoms with E-state index in [0.29, 0.717) is 11.3 Å². The first-order chi connectivity index (χ1) is 15.6. The molecule has 0 radical (unpaired) electrons. The number of aryl methyl sites for hydroxylation is 2. The van der Waals surface area contributed by atoms with E-state index in [4.69, 9.17) is 9.97 Å². The van der Waals surface area contributed by atoms with Crippen molar-refractivity contribution in [2.24, 2.45) is 0 Å². The summed E-state index contributed by atoms with van der Waals surface area (Å²) in [5.41, 5.74) is 5.96. The van der Waals surface area contributed by atoms with Crippen molar-refractivity contribution in [2.75, 3.05) is 18.6 Å². The van der Waals surface area contributed by atoms with E-state index in [1.807, 2.05) is 35.0 Å². The molecule has 2 aromatic carbocycles. The molecule has 0 saturated carbocycles. The summed E-state index contributed by atoms with van der Waals surface area (Å²) in [6.45, 7) is 11.9. The van der Waals surface area contributed by atoms with Crippen molar-refractivity contribution in [2.45, 2.75) is 33.6 Å². The molecule has 1 N–H and O–H groups in total. The second kappa shape index (κ2) is 8.95. The molecule has 4 aromatic rings. The van der Waals surface area contributed by atoms with Crippen molar-refractivity contribution in [3.8, 4) is 0 Å². The Kier molecular flexibility index (Phi) is 6.22. The standard InChI is InChI=1S/C26H30N5OP/c1-17(2)24-29-25(28-20-10-12-21(13-11-20)33(5,6)32)23-26(30-24)31(16-27-23)15-14-22-18(3)8-7-9-19(22)4/h7-17H,1-6H3,(H,28,29,30). The number of benzene rings is 2. The highest BCUT2D eigenvalue weighted by Crippen LogP contribution is 2.35. The van der Waals surface area contributed by atoms with Crippen LogP contribution in [0.25, 0.3) is 23.4 Å². The van der Waals surface area contributed by atoms with Gasteiger partial charge in [0.2, 0.25) is 0 Å². The lowest BCUT2D eigenvalue weighted by atomic mass is 10.0. The van der Waals surface area contributed by atoms with Crippen LogP contribution in [0.3, 0.4) is 0 Å². The number of hydrogen-bond donors (Lipinski definition) is 1. The van der Waals surface area contributed by atoms with Crippen molar-refractivity contribution in [3.63, 3.8) is 0 Å². The Morgan fingerprint density at radius 1 is 1.00 bits per heavy atom. The Balaban J connectivity index is 1.74. The van der Waals surface area contributed by atoms with Crippen molar-refractivity contribution < 1.29 is 4.57 Å². The third kappa shape index (κ3) is 4.91. The highest BCUT2D eigenvalue weighted by atomic mass is 31.2. The van der Waals surface area contributed by atoms with Gasteiger partial charge in [-0.25, -0.2) is 15.0 Å². The quantitative estimate of drug-likeness (QED) is 0.348. The molecule has 170 valence electrons. The van der Waals surface area contributed by atoms with Gasteiger partial charge in [0.1, 0.15) is 19.3 Å². The lowest BCUT2D eigenvalue weighted by molar-refractivity contribution is 0.588. The minimum absolute atomic E-state index is 0.161. The Bertz CT molecular complexity index is 1360. The third-order valence-corrected chi connectivity index (χ3v) is 7.19. The first-order valence-electron chi connectivity index (χ1n) is 11.0. The molecule has 0 aliphatic carbocycles. The van der Waals surface area contributed by atoms with Gasteiger partial charge >= 0.3 is 0 Å². The van der Waals surface area contributed by atoms with Gasteiger partial charge in [0.25, 0.3) is 0 Å². The van der Waals surface area contributed by atoms with E-state index in [2.05, 4.69) is 62.3 Å². The lowest BCUT2D eigenvalue weighted by Gasteiger charge is -2.12. The van der Waals surface area contributed by atoms with Crippen LogP contribution in [0.1, 0.15) is 42.3 Å². The van der Waals surface area contributed by atoms with Gasteiger partial charge in [0, 0.05) is 23.1 Å². The molecular weight excluding hydrogens is 429 g/mol. The second-order valence-corrected chi connectivity index (χ2v) is 12.3. The lowest BCUT2D eigenvalue weighted by Crippen LogP contribution is -2.06. The number of anilines is 2. The summed E-state index contributed by atoms with van der Waals surface area (Å²) < 4.78 is 14.3. The normalized spacial score (nSPS) is 12.2. The summed E-state index contributed by atoms with van der Waals surface area (Å²) in [6.07, 6.45) is 5.87. The molecule has 6 nitrogen and oxygen atoms in total. The molecule has 0 saturated heterocycles. The van der Waals surface area contributed by atoms with Crippen LogP contribution in [-0.2, 0) is 4.57 Å². The Morgan fingerprint density at radius 2 is 1.67 bits per heavy atom. The molecule has 4 rings (SSSR count). The third-order valence-electron chi connectivity index (χ3n) is 5.65. The van der Waals surface area contributed by atoms with E-state index in [1.54, 1.807) is 19.7 Å². The van der Waals surface area contributed by atoms with Gasteiger partial charge in [-0.2, -0.15) is 0 Å². The molecule has 0 amide bonds. The van der Waals surface area contributed by atoms with Crippen molar-refractivity contribution in [1.29, 1.82) is 0 Å². The Labute approximate surface area is 195 Å². The fourth-order valence-corrected chi connectivity index (χ4v) is 4.54. The molecule has 0 spiro atoms. The smallest absolute Gasteiger partial charge is 0.169 e. The fraction of sp³-hybridized carbons (Fsp3) is 0.269. The van der Waals surface area contributed by atoms with E-state index >= 15 is 0 Å². The largest absolute Gasteiger partial charge is 0.338 e. The number of fused-ring (bicyclic) bond motifs is 1. The number of rotatable bonds is 6. The van der Waals surface area contributed by atoms with Crippen LogP contribution in [0.2, 0.25) is 0 Å². The number of imidazole rings is 1. The molecule has 2 heterocycles. The second-order valence-electron chi connectivity index (χ2n) is 9.05. The van der Waals surface area contributed by atoms with Crippen molar-refractivity contribution in [3.05, 3.63) is 71.3 Å². The van der Waals surface area contributed by atoms with Crippen LogP contribution in [-0.4, -0.2) is 32.8 Å². The monoisotopic (exact) mass is 459 g/mol. The molecule has 0 bridgehead atoms. The van der Waals surface area contributed by atoms with E-state index in [1.165, 1.54) is 16.7 Å². The van der Waals surface area contributed by atoms with E-state index in [-0.39, 0.29) is 5.92 Å². The molecule has 0 aliphatic rings. The van der Waals surface area contributed by atoms with Gasteiger partial charge in [-0.1, -0.05) is 32.0 Å². The Hall–Kier alpha value is -3.24. The fourth-order valence-electron chi connectivity index (χ4n) is 3.67. The molecule has 0 atom stereocenters. The summed E-state index contributed by atoms with van der Waals surface area (Å²) in [6, 6.07) is 13.9. The maximum Gasteiger partial charge on any atom is 0.169 e. The zero-order valence-electron chi connectivity index (χ0n) is 20.0. The SMILES string of the molecule is Cc1cccc(C)c1C=Cn1cnc2c(Nc3ccc(P(C)(C)=O)cc3)nc(C(C)C)nc21. The maximum atomic E-state index is 12.3. The molecule has 7 heteroatoms. The number of hydrogen-bond acceptors (Lipinski definition) is 5. The van der Waals surface area contributed by atoms with Crippen molar-refractivity contribution in [1.82, 2.24) is 19.5 Å². The van der Waals surface area contributed by atoms with Crippen molar-refractivity contribution >= 4 is 47.4 Å². The summed E-state index contributed by atoms with van der Waals surface area (Å²) in [7, 11) is -2.29. The minimum Gasteiger partial charge on any atom is -0.338 e. The van der Waals surface area contributed by atoms with Crippen LogP contribution in [0.15, 0.2) is 48.8 Å². The van der Waals surface area contributed by atoms with Crippen LogP contribution in [0.5, 0.6) is 0 Å². The van der Waals surface area contributed by atoms with E-state index in [0.717, 1.165) is 22.5 Å². The zero-order valence-corrected chi connectivity index (χ0v) is 20.9. The molecular formula is C26H30N5OP. The first-order valence-corrected chi connectivity index (χ1v) is 13.6. The van der Waals surface area contributed by atoms with Crippen LogP contribution >= 0.6 is 7.14 Å². The average molecular weight is 460 g/mol. The number of aromatic nitrogens is 4. The number of nitrogens with zero attached hydrogens (tertiary/aromatic N) is 4. The van der Waals surface area contributed by atoms with Crippen LogP contribution < -0.4 is 10.6 Å². The summed E-state index contributed by atoms with van der Waals surface area (Å²) in [5, 5.41) is 4.24. The predicted octanol–water partition coefficient (Wildman–Crippen LogP) is 6.19. The van der Waals surface area contributed by atoms with Gasteiger partial charge < -0.3 is 9.88 Å². The summed E-state index contributed by atoms with van der Waals surface area (Å²) in [5.74, 6) is 1.57. The molecule has 33 heavy (non-hydrogen) atoms. The molecule has 0 unspecified atom stereocenters.